The van der Waals surface area contributed by atoms with E-state index in [1.165, 1.54) is 6.92 Å². The van der Waals surface area contributed by atoms with Crippen LogP contribution >= 0.6 is 0 Å². The standard InChI is InChI=1S/C19H28O6/c1-16(20)23-13-4-3-5-15-25-19(21)17-8-10-18(11-9-17)24-14-7-6-12-22-2/h8-11H,3-7,12-15H2,1-2H3. The van der Waals surface area contributed by atoms with Gasteiger partial charge in [0.1, 0.15) is 5.75 Å². The van der Waals surface area contributed by atoms with Crippen LogP contribution in [-0.2, 0) is 19.0 Å². The highest BCUT2D eigenvalue weighted by Gasteiger charge is 2.07. The largest absolute Gasteiger partial charge is 0.494 e. The normalized spacial score (nSPS) is 10.3. The van der Waals surface area contributed by atoms with Crippen LogP contribution in [0, 0.1) is 0 Å². The van der Waals surface area contributed by atoms with Gasteiger partial charge in [0.2, 0.25) is 0 Å². The first-order valence-electron chi connectivity index (χ1n) is 8.65. The quantitative estimate of drug-likeness (QED) is 0.400. The van der Waals surface area contributed by atoms with Crippen LogP contribution in [0.3, 0.4) is 0 Å². The van der Waals surface area contributed by atoms with E-state index in [9.17, 15) is 9.59 Å². The zero-order valence-corrected chi connectivity index (χ0v) is 15.1. The molecule has 0 unspecified atom stereocenters. The lowest BCUT2D eigenvalue weighted by molar-refractivity contribution is -0.141. The highest BCUT2D eigenvalue weighted by Crippen LogP contribution is 2.13. The molecule has 0 radical (unpaired) electrons. The Hall–Kier alpha value is -2.08. The van der Waals surface area contributed by atoms with Gasteiger partial charge in [-0.3, -0.25) is 4.79 Å². The summed E-state index contributed by atoms with van der Waals surface area (Å²) in [5.74, 6) is 0.125. The van der Waals surface area contributed by atoms with Crippen molar-refractivity contribution in [1.82, 2.24) is 0 Å². The number of hydrogen-bond donors (Lipinski definition) is 0. The summed E-state index contributed by atoms with van der Waals surface area (Å²) in [7, 11) is 1.68. The zero-order valence-electron chi connectivity index (χ0n) is 15.1. The fourth-order valence-corrected chi connectivity index (χ4v) is 2.07. The van der Waals surface area contributed by atoms with Gasteiger partial charge in [0.25, 0.3) is 0 Å². The number of rotatable bonds is 13. The topological polar surface area (TPSA) is 71.1 Å². The molecule has 140 valence electrons. The van der Waals surface area contributed by atoms with Crippen LogP contribution in [0.5, 0.6) is 5.75 Å². The molecule has 1 rings (SSSR count). The number of carbonyl (C=O) groups excluding carboxylic acids is 2. The van der Waals surface area contributed by atoms with Crippen molar-refractivity contribution in [2.75, 3.05) is 33.5 Å². The minimum Gasteiger partial charge on any atom is -0.494 e. The lowest BCUT2D eigenvalue weighted by Crippen LogP contribution is -2.07. The third-order valence-corrected chi connectivity index (χ3v) is 3.43. The van der Waals surface area contributed by atoms with Crippen molar-refractivity contribution in [3.63, 3.8) is 0 Å². The number of esters is 2. The van der Waals surface area contributed by atoms with Crippen molar-refractivity contribution >= 4 is 11.9 Å². The van der Waals surface area contributed by atoms with Gasteiger partial charge < -0.3 is 18.9 Å². The Morgan fingerprint density at radius 3 is 2.04 bits per heavy atom. The van der Waals surface area contributed by atoms with Gasteiger partial charge in [-0.1, -0.05) is 0 Å². The Labute approximate surface area is 149 Å². The van der Waals surface area contributed by atoms with E-state index in [4.69, 9.17) is 18.9 Å². The van der Waals surface area contributed by atoms with Crippen LogP contribution in [0.1, 0.15) is 49.4 Å². The maximum absolute atomic E-state index is 11.9. The number of carbonyl (C=O) groups is 2. The van der Waals surface area contributed by atoms with Gasteiger partial charge in [0.05, 0.1) is 25.4 Å². The number of methoxy groups -OCH3 is 1. The number of unbranched alkanes of at least 4 members (excludes halogenated alkanes) is 3. The van der Waals surface area contributed by atoms with E-state index in [1.807, 2.05) is 0 Å². The minimum atomic E-state index is -0.341. The van der Waals surface area contributed by atoms with Gasteiger partial charge in [-0.25, -0.2) is 4.79 Å². The maximum Gasteiger partial charge on any atom is 0.338 e. The second-order valence-electron chi connectivity index (χ2n) is 5.61. The van der Waals surface area contributed by atoms with E-state index in [2.05, 4.69) is 0 Å². The molecule has 0 bridgehead atoms. The first kappa shape index (κ1) is 21.0. The van der Waals surface area contributed by atoms with Crippen molar-refractivity contribution in [2.24, 2.45) is 0 Å². The third kappa shape index (κ3) is 10.4. The molecule has 0 aliphatic carbocycles. The Bertz CT molecular complexity index is 497. The van der Waals surface area contributed by atoms with Crippen molar-refractivity contribution in [3.05, 3.63) is 29.8 Å². The van der Waals surface area contributed by atoms with Crippen molar-refractivity contribution in [1.29, 1.82) is 0 Å². The van der Waals surface area contributed by atoms with Gasteiger partial charge >= 0.3 is 11.9 Å². The first-order chi connectivity index (χ1) is 12.1. The molecule has 0 fully saturated rings. The van der Waals surface area contributed by atoms with E-state index in [0.29, 0.717) is 25.4 Å². The van der Waals surface area contributed by atoms with Crippen LogP contribution in [0.15, 0.2) is 24.3 Å². The molecule has 0 saturated carbocycles. The molecule has 25 heavy (non-hydrogen) atoms. The van der Waals surface area contributed by atoms with E-state index in [-0.39, 0.29) is 11.9 Å². The molecule has 1 aromatic rings. The summed E-state index contributed by atoms with van der Waals surface area (Å²) in [5.41, 5.74) is 0.506. The highest BCUT2D eigenvalue weighted by atomic mass is 16.5. The third-order valence-electron chi connectivity index (χ3n) is 3.43. The van der Waals surface area contributed by atoms with E-state index in [0.717, 1.165) is 44.5 Å². The summed E-state index contributed by atoms with van der Waals surface area (Å²) in [5, 5.41) is 0. The predicted octanol–water partition coefficient (Wildman–Crippen LogP) is 3.38. The van der Waals surface area contributed by atoms with Crippen LogP contribution in [0.2, 0.25) is 0 Å². The van der Waals surface area contributed by atoms with E-state index in [1.54, 1.807) is 31.4 Å². The molecule has 0 amide bonds. The predicted molar refractivity (Wildman–Crippen MR) is 93.8 cm³/mol. The molecule has 6 heteroatoms. The first-order valence-corrected chi connectivity index (χ1v) is 8.65. The summed E-state index contributed by atoms with van der Waals surface area (Å²) in [6.07, 6.45) is 4.25. The van der Waals surface area contributed by atoms with Crippen molar-refractivity contribution < 1.29 is 28.5 Å². The lowest BCUT2D eigenvalue weighted by Gasteiger charge is -2.08. The Morgan fingerprint density at radius 1 is 0.800 bits per heavy atom. The summed E-state index contributed by atoms with van der Waals surface area (Å²) in [6.45, 7) is 3.52. The number of ether oxygens (including phenoxy) is 4. The molecule has 0 N–H and O–H groups in total. The van der Waals surface area contributed by atoms with Crippen molar-refractivity contribution in [3.8, 4) is 5.75 Å². The second kappa shape index (κ2) is 13.2. The SMILES string of the molecule is COCCCCOc1ccc(C(=O)OCCCCCOC(C)=O)cc1. The average molecular weight is 352 g/mol. The highest BCUT2D eigenvalue weighted by molar-refractivity contribution is 5.89. The van der Waals surface area contributed by atoms with Crippen LogP contribution < -0.4 is 4.74 Å². The number of hydrogen-bond acceptors (Lipinski definition) is 6. The minimum absolute atomic E-state index is 0.270. The molecule has 0 saturated heterocycles. The molecule has 0 spiro atoms. The average Bonchev–Trinajstić information content (AvgIpc) is 2.61. The Balaban J connectivity index is 2.15. The molecule has 0 aromatic heterocycles. The van der Waals surface area contributed by atoms with Gasteiger partial charge in [-0.15, -0.1) is 0 Å². The second-order valence-corrected chi connectivity index (χ2v) is 5.61. The molecule has 0 heterocycles. The Morgan fingerprint density at radius 2 is 1.40 bits per heavy atom. The van der Waals surface area contributed by atoms with Crippen LogP contribution in [0.25, 0.3) is 0 Å². The smallest absolute Gasteiger partial charge is 0.338 e. The van der Waals surface area contributed by atoms with Gasteiger partial charge in [-0.2, -0.15) is 0 Å². The van der Waals surface area contributed by atoms with Gasteiger partial charge in [-0.05, 0) is 56.4 Å². The van der Waals surface area contributed by atoms with Gasteiger partial charge in [0, 0.05) is 20.6 Å². The maximum atomic E-state index is 11.9. The van der Waals surface area contributed by atoms with Crippen LogP contribution in [0.4, 0.5) is 0 Å². The molecule has 0 aliphatic rings. The fraction of sp³-hybridized carbons (Fsp3) is 0.579. The van der Waals surface area contributed by atoms with Crippen LogP contribution in [-0.4, -0.2) is 45.5 Å². The summed E-state index contributed by atoms with van der Waals surface area (Å²) < 4.78 is 20.6. The van der Waals surface area contributed by atoms with Crippen molar-refractivity contribution in [2.45, 2.75) is 39.0 Å². The van der Waals surface area contributed by atoms with Gasteiger partial charge in [0.15, 0.2) is 0 Å². The Kier molecular flexibility index (Phi) is 11.1. The van der Waals surface area contributed by atoms with E-state index < -0.39 is 0 Å². The molecular formula is C19H28O6. The summed E-state index contributed by atoms with van der Waals surface area (Å²) in [4.78, 5) is 22.5. The lowest BCUT2D eigenvalue weighted by atomic mass is 10.2. The fourth-order valence-electron chi connectivity index (χ4n) is 2.07. The molecule has 6 nitrogen and oxygen atoms in total. The summed E-state index contributed by atoms with van der Waals surface area (Å²) in [6, 6.07) is 6.94. The van der Waals surface area contributed by atoms with E-state index >= 15 is 0 Å². The molecule has 0 atom stereocenters. The molecule has 0 aliphatic heterocycles. The zero-order chi connectivity index (χ0) is 18.3. The molecule has 1 aromatic carbocycles. The number of benzene rings is 1. The summed E-state index contributed by atoms with van der Waals surface area (Å²) >= 11 is 0. The molecular weight excluding hydrogens is 324 g/mol. The monoisotopic (exact) mass is 352 g/mol.